The lowest BCUT2D eigenvalue weighted by atomic mass is 10.3. The van der Waals surface area contributed by atoms with Crippen LogP contribution in [-0.2, 0) is 0 Å². The largest absolute Gasteiger partial charge is 0.441 e. The molecule has 1 aromatic carbocycles. The van der Waals surface area contributed by atoms with Crippen molar-refractivity contribution in [2.24, 2.45) is 0 Å². The van der Waals surface area contributed by atoms with E-state index >= 15 is 0 Å². The van der Waals surface area contributed by atoms with Gasteiger partial charge in [0.15, 0.2) is 11.5 Å². The van der Waals surface area contributed by atoms with Crippen LogP contribution in [0.3, 0.4) is 0 Å². The van der Waals surface area contributed by atoms with Crippen LogP contribution in [0, 0.1) is 6.92 Å². The van der Waals surface area contributed by atoms with Gasteiger partial charge in [-0.15, -0.1) is 0 Å². The van der Waals surface area contributed by atoms with Crippen molar-refractivity contribution >= 4 is 16.8 Å². The molecule has 0 aliphatic rings. The van der Waals surface area contributed by atoms with Crippen molar-refractivity contribution < 1.29 is 4.42 Å². The summed E-state index contributed by atoms with van der Waals surface area (Å²) in [4.78, 5) is 6.44. The van der Waals surface area contributed by atoms with Crippen LogP contribution in [0.25, 0.3) is 11.1 Å². The SMILES string of the molecule is Cc1nc2cc(NCCN(C)C)ccc2o1. The van der Waals surface area contributed by atoms with Crippen molar-refractivity contribution in [3.05, 3.63) is 24.1 Å². The van der Waals surface area contributed by atoms with E-state index in [1.54, 1.807) is 0 Å². The highest BCUT2D eigenvalue weighted by Crippen LogP contribution is 2.19. The van der Waals surface area contributed by atoms with Crippen LogP contribution in [0.2, 0.25) is 0 Å². The standard InChI is InChI=1S/C12H17N3O/c1-9-14-11-8-10(4-5-12(11)16-9)13-6-7-15(2)3/h4-5,8,13H,6-7H2,1-3H3. The molecule has 1 aromatic heterocycles. The Morgan fingerprint density at radius 3 is 2.94 bits per heavy atom. The van der Waals surface area contributed by atoms with Gasteiger partial charge in [0.05, 0.1) is 0 Å². The Hall–Kier alpha value is -1.55. The molecule has 0 fully saturated rings. The number of nitrogens with zero attached hydrogens (tertiary/aromatic N) is 2. The van der Waals surface area contributed by atoms with Gasteiger partial charge in [-0.2, -0.15) is 0 Å². The Bertz CT molecular complexity index is 476. The van der Waals surface area contributed by atoms with Crippen molar-refractivity contribution in [2.75, 3.05) is 32.5 Å². The summed E-state index contributed by atoms with van der Waals surface area (Å²) in [5.74, 6) is 0.709. The molecule has 0 atom stereocenters. The molecule has 0 unspecified atom stereocenters. The predicted molar refractivity (Wildman–Crippen MR) is 65.8 cm³/mol. The Morgan fingerprint density at radius 1 is 1.38 bits per heavy atom. The molecular weight excluding hydrogens is 202 g/mol. The topological polar surface area (TPSA) is 41.3 Å². The molecular formula is C12H17N3O. The van der Waals surface area contributed by atoms with Gasteiger partial charge in [-0.1, -0.05) is 0 Å². The van der Waals surface area contributed by atoms with E-state index in [9.17, 15) is 0 Å². The van der Waals surface area contributed by atoms with E-state index < -0.39 is 0 Å². The van der Waals surface area contributed by atoms with Crippen molar-refractivity contribution in [2.45, 2.75) is 6.92 Å². The van der Waals surface area contributed by atoms with Gasteiger partial charge in [0.1, 0.15) is 5.52 Å². The van der Waals surface area contributed by atoms with Crippen LogP contribution in [0.15, 0.2) is 22.6 Å². The maximum Gasteiger partial charge on any atom is 0.192 e. The summed E-state index contributed by atoms with van der Waals surface area (Å²) >= 11 is 0. The molecule has 2 aromatic rings. The molecule has 16 heavy (non-hydrogen) atoms. The number of rotatable bonds is 4. The summed E-state index contributed by atoms with van der Waals surface area (Å²) < 4.78 is 5.42. The average Bonchev–Trinajstić information content (AvgIpc) is 2.56. The first-order valence-electron chi connectivity index (χ1n) is 5.41. The molecule has 1 N–H and O–H groups in total. The highest BCUT2D eigenvalue weighted by Gasteiger charge is 2.02. The third-order valence-electron chi connectivity index (χ3n) is 2.38. The molecule has 0 saturated heterocycles. The minimum absolute atomic E-state index is 0.709. The zero-order valence-electron chi connectivity index (χ0n) is 9.95. The second kappa shape index (κ2) is 4.53. The lowest BCUT2D eigenvalue weighted by molar-refractivity contribution is 0.425. The van der Waals surface area contributed by atoms with Crippen LogP contribution in [0.4, 0.5) is 5.69 Å². The highest BCUT2D eigenvalue weighted by molar-refractivity contribution is 5.77. The molecule has 4 nitrogen and oxygen atoms in total. The first-order valence-corrected chi connectivity index (χ1v) is 5.41. The molecule has 0 saturated carbocycles. The first kappa shape index (κ1) is 11.0. The van der Waals surface area contributed by atoms with Gasteiger partial charge in [0, 0.05) is 25.7 Å². The predicted octanol–water partition coefficient (Wildman–Crippen LogP) is 2.11. The molecule has 86 valence electrons. The Labute approximate surface area is 95.3 Å². The molecule has 4 heteroatoms. The second-order valence-corrected chi connectivity index (χ2v) is 4.15. The zero-order valence-corrected chi connectivity index (χ0v) is 9.95. The summed E-state index contributed by atoms with van der Waals surface area (Å²) in [6.07, 6.45) is 0. The second-order valence-electron chi connectivity index (χ2n) is 4.15. The fraction of sp³-hybridized carbons (Fsp3) is 0.417. The fourth-order valence-electron chi connectivity index (χ4n) is 1.58. The minimum atomic E-state index is 0.709. The number of anilines is 1. The number of nitrogens with one attached hydrogen (secondary N) is 1. The Kier molecular flexibility index (Phi) is 3.10. The van der Waals surface area contributed by atoms with Crippen LogP contribution in [0.1, 0.15) is 5.89 Å². The average molecular weight is 219 g/mol. The van der Waals surface area contributed by atoms with Gasteiger partial charge >= 0.3 is 0 Å². The van der Waals surface area contributed by atoms with E-state index in [1.807, 2.05) is 25.1 Å². The maximum atomic E-state index is 5.42. The van der Waals surface area contributed by atoms with Crippen molar-refractivity contribution in [1.82, 2.24) is 9.88 Å². The summed E-state index contributed by atoms with van der Waals surface area (Å²) in [5.41, 5.74) is 2.84. The van der Waals surface area contributed by atoms with Gasteiger partial charge in [-0.05, 0) is 32.3 Å². The maximum absolute atomic E-state index is 5.42. The molecule has 0 bridgehead atoms. The van der Waals surface area contributed by atoms with E-state index in [0.717, 1.165) is 29.9 Å². The van der Waals surface area contributed by atoms with Gasteiger partial charge in [0.2, 0.25) is 0 Å². The molecule has 0 aliphatic carbocycles. The number of aromatic nitrogens is 1. The molecule has 0 radical (unpaired) electrons. The first-order chi connectivity index (χ1) is 7.65. The summed E-state index contributed by atoms with van der Waals surface area (Å²) in [7, 11) is 4.12. The molecule has 0 amide bonds. The normalized spacial score (nSPS) is 11.2. The van der Waals surface area contributed by atoms with Gasteiger partial charge < -0.3 is 14.6 Å². The minimum Gasteiger partial charge on any atom is -0.441 e. The third-order valence-corrected chi connectivity index (χ3v) is 2.38. The van der Waals surface area contributed by atoms with Gasteiger partial charge in [-0.3, -0.25) is 0 Å². The number of aryl methyl sites for hydroxylation is 1. The lowest BCUT2D eigenvalue weighted by Gasteiger charge is -2.10. The zero-order chi connectivity index (χ0) is 11.5. The highest BCUT2D eigenvalue weighted by atomic mass is 16.3. The lowest BCUT2D eigenvalue weighted by Crippen LogP contribution is -2.20. The molecule has 0 spiro atoms. The molecule has 1 heterocycles. The number of hydrogen-bond acceptors (Lipinski definition) is 4. The van der Waals surface area contributed by atoms with Gasteiger partial charge in [-0.25, -0.2) is 4.98 Å². The quantitative estimate of drug-likeness (QED) is 0.855. The van der Waals surface area contributed by atoms with Crippen LogP contribution in [0.5, 0.6) is 0 Å². The van der Waals surface area contributed by atoms with Crippen molar-refractivity contribution in [1.29, 1.82) is 0 Å². The number of oxazole rings is 1. The van der Waals surface area contributed by atoms with Crippen LogP contribution in [-0.4, -0.2) is 37.1 Å². The smallest absolute Gasteiger partial charge is 0.192 e. The van der Waals surface area contributed by atoms with E-state index in [0.29, 0.717) is 5.89 Å². The summed E-state index contributed by atoms with van der Waals surface area (Å²) in [6.45, 7) is 3.80. The number of benzene rings is 1. The van der Waals surface area contributed by atoms with E-state index in [2.05, 4.69) is 29.3 Å². The van der Waals surface area contributed by atoms with E-state index in [4.69, 9.17) is 4.42 Å². The van der Waals surface area contributed by atoms with E-state index in [-0.39, 0.29) is 0 Å². The number of fused-ring (bicyclic) bond motifs is 1. The number of hydrogen-bond donors (Lipinski definition) is 1. The van der Waals surface area contributed by atoms with Crippen LogP contribution >= 0.6 is 0 Å². The van der Waals surface area contributed by atoms with Crippen molar-refractivity contribution in [3.63, 3.8) is 0 Å². The Balaban J connectivity index is 2.07. The van der Waals surface area contributed by atoms with Gasteiger partial charge in [0.25, 0.3) is 0 Å². The summed E-state index contributed by atoms with van der Waals surface area (Å²) in [6, 6.07) is 5.98. The van der Waals surface area contributed by atoms with Crippen molar-refractivity contribution in [3.8, 4) is 0 Å². The van der Waals surface area contributed by atoms with E-state index in [1.165, 1.54) is 0 Å². The third kappa shape index (κ3) is 2.52. The molecule has 2 rings (SSSR count). The summed E-state index contributed by atoms with van der Waals surface area (Å²) in [5, 5.41) is 3.35. The fourth-order valence-corrected chi connectivity index (χ4v) is 1.58. The monoisotopic (exact) mass is 219 g/mol. The molecule has 0 aliphatic heterocycles. The van der Waals surface area contributed by atoms with Crippen LogP contribution < -0.4 is 5.32 Å². The Morgan fingerprint density at radius 2 is 2.19 bits per heavy atom. The number of likely N-dealkylation sites (N-methyl/N-ethyl adjacent to an activating group) is 1.